The van der Waals surface area contributed by atoms with Gasteiger partial charge < -0.3 is 10.2 Å². The van der Waals surface area contributed by atoms with E-state index in [0.29, 0.717) is 5.92 Å². The third kappa shape index (κ3) is 3.82. The zero-order chi connectivity index (χ0) is 15.4. The van der Waals surface area contributed by atoms with Crippen molar-refractivity contribution in [3.63, 3.8) is 0 Å². The van der Waals surface area contributed by atoms with E-state index in [9.17, 15) is 0 Å². The van der Waals surface area contributed by atoms with Gasteiger partial charge in [-0.3, -0.25) is 9.67 Å². The zero-order valence-corrected chi connectivity index (χ0v) is 13.4. The van der Waals surface area contributed by atoms with E-state index in [1.165, 1.54) is 19.4 Å². The second kappa shape index (κ2) is 6.87. The molecule has 6 nitrogen and oxygen atoms in total. The summed E-state index contributed by atoms with van der Waals surface area (Å²) >= 11 is 0. The first-order valence-electron chi connectivity index (χ1n) is 7.95. The monoisotopic (exact) mass is 300 g/mol. The summed E-state index contributed by atoms with van der Waals surface area (Å²) in [7, 11) is 2.17. The van der Waals surface area contributed by atoms with Gasteiger partial charge in [-0.25, -0.2) is 4.98 Å². The number of hydrogen-bond donors (Lipinski definition) is 1. The molecule has 3 heterocycles. The third-order valence-electron chi connectivity index (χ3n) is 4.12. The van der Waals surface area contributed by atoms with E-state index in [2.05, 4.69) is 27.3 Å². The molecule has 1 aliphatic rings. The number of rotatable bonds is 5. The maximum absolute atomic E-state index is 4.74. The fraction of sp³-hybridized carbons (Fsp3) is 0.562. The van der Waals surface area contributed by atoms with E-state index < -0.39 is 0 Å². The van der Waals surface area contributed by atoms with Crippen molar-refractivity contribution < 1.29 is 0 Å². The summed E-state index contributed by atoms with van der Waals surface area (Å²) in [4.78, 5) is 11.5. The average molecular weight is 300 g/mol. The number of nitrogens with one attached hydrogen (secondary N) is 1. The van der Waals surface area contributed by atoms with Crippen LogP contribution in [0.2, 0.25) is 0 Å². The van der Waals surface area contributed by atoms with Crippen molar-refractivity contribution in [1.29, 1.82) is 0 Å². The fourth-order valence-corrected chi connectivity index (χ4v) is 2.96. The Morgan fingerprint density at radius 2 is 2.27 bits per heavy atom. The minimum atomic E-state index is 0.502. The first-order valence-corrected chi connectivity index (χ1v) is 7.95. The summed E-state index contributed by atoms with van der Waals surface area (Å²) in [5.74, 6) is 1.36. The first-order chi connectivity index (χ1) is 10.7. The molecule has 0 amide bonds. The van der Waals surface area contributed by atoms with Gasteiger partial charge in [0.1, 0.15) is 5.82 Å². The highest BCUT2D eigenvalue weighted by molar-refractivity contribution is 5.32. The summed E-state index contributed by atoms with van der Waals surface area (Å²) in [5.41, 5.74) is 2.15. The van der Waals surface area contributed by atoms with Crippen LogP contribution in [0.4, 0.5) is 5.82 Å². The molecule has 0 saturated carbocycles. The van der Waals surface area contributed by atoms with Gasteiger partial charge in [-0.2, -0.15) is 5.10 Å². The number of likely N-dealkylation sites (tertiary alicyclic amines) is 1. The molecule has 0 bridgehead atoms. The highest BCUT2D eigenvalue weighted by Gasteiger charge is 2.20. The number of nitrogens with zero attached hydrogens (tertiary/aromatic N) is 5. The highest BCUT2D eigenvalue weighted by Crippen LogP contribution is 2.24. The maximum Gasteiger partial charge on any atom is 0.144 e. The largest absolute Gasteiger partial charge is 0.367 e. The molecule has 1 saturated heterocycles. The van der Waals surface area contributed by atoms with E-state index in [0.717, 1.165) is 36.8 Å². The number of aryl methyl sites for hydroxylation is 1. The van der Waals surface area contributed by atoms with Crippen LogP contribution in [0.1, 0.15) is 30.1 Å². The minimum absolute atomic E-state index is 0.502. The van der Waals surface area contributed by atoms with Gasteiger partial charge in [0.25, 0.3) is 0 Å². The van der Waals surface area contributed by atoms with Crippen LogP contribution >= 0.6 is 0 Å². The van der Waals surface area contributed by atoms with Gasteiger partial charge in [0, 0.05) is 31.4 Å². The Balaban J connectivity index is 1.56. The third-order valence-corrected chi connectivity index (χ3v) is 4.12. The average Bonchev–Trinajstić information content (AvgIpc) is 2.93. The normalized spacial score (nSPS) is 19.3. The van der Waals surface area contributed by atoms with Crippen molar-refractivity contribution in [2.75, 3.05) is 32.0 Å². The molecule has 1 atom stereocenters. The van der Waals surface area contributed by atoms with Gasteiger partial charge in [0.15, 0.2) is 0 Å². The van der Waals surface area contributed by atoms with E-state index >= 15 is 0 Å². The van der Waals surface area contributed by atoms with Crippen LogP contribution in [0.3, 0.4) is 0 Å². The number of anilines is 1. The molecule has 22 heavy (non-hydrogen) atoms. The van der Waals surface area contributed by atoms with E-state index in [1.54, 1.807) is 6.20 Å². The van der Waals surface area contributed by atoms with Crippen LogP contribution in [0, 0.1) is 6.92 Å². The molecule has 2 aromatic rings. The predicted octanol–water partition coefficient (Wildman–Crippen LogP) is 1.90. The summed E-state index contributed by atoms with van der Waals surface area (Å²) in [6.45, 7) is 5.88. The second-order valence-electron chi connectivity index (χ2n) is 6.08. The quantitative estimate of drug-likeness (QED) is 0.914. The Kier molecular flexibility index (Phi) is 4.68. The molecule has 1 N–H and O–H groups in total. The van der Waals surface area contributed by atoms with Gasteiger partial charge >= 0.3 is 0 Å². The molecule has 0 aromatic carbocycles. The molecule has 6 heteroatoms. The van der Waals surface area contributed by atoms with Crippen molar-refractivity contribution in [3.8, 4) is 0 Å². The number of piperidine rings is 1. The molecular formula is C16H24N6. The maximum atomic E-state index is 4.74. The van der Waals surface area contributed by atoms with Gasteiger partial charge in [-0.1, -0.05) is 0 Å². The Morgan fingerprint density at radius 1 is 1.36 bits per heavy atom. The standard InChI is InChI=1S/C16H24N6/c1-13-5-8-22(20-13)9-6-18-16-11-17-10-15(19-16)14-4-3-7-21(2)12-14/h5,8,10-11,14H,3-4,6-7,9,12H2,1-2H3,(H,18,19). The molecule has 0 spiro atoms. The molecule has 1 fully saturated rings. The minimum Gasteiger partial charge on any atom is -0.367 e. The molecule has 0 aliphatic carbocycles. The fourth-order valence-electron chi connectivity index (χ4n) is 2.96. The second-order valence-corrected chi connectivity index (χ2v) is 6.08. The smallest absolute Gasteiger partial charge is 0.144 e. The van der Waals surface area contributed by atoms with Crippen molar-refractivity contribution >= 4 is 5.82 Å². The van der Waals surface area contributed by atoms with Crippen molar-refractivity contribution in [2.24, 2.45) is 0 Å². The Labute approximate surface area is 131 Å². The van der Waals surface area contributed by atoms with Crippen LogP contribution in [-0.2, 0) is 6.54 Å². The molecular weight excluding hydrogens is 276 g/mol. The lowest BCUT2D eigenvalue weighted by Crippen LogP contribution is -2.31. The SMILES string of the molecule is Cc1ccn(CCNc2cncc(C3CCCN(C)C3)n2)n1. The van der Waals surface area contributed by atoms with Crippen molar-refractivity contribution in [1.82, 2.24) is 24.6 Å². The van der Waals surface area contributed by atoms with Gasteiger partial charge in [0.2, 0.25) is 0 Å². The Bertz CT molecular complexity index is 608. The first kappa shape index (κ1) is 15.0. The molecule has 0 radical (unpaired) electrons. The van der Waals surface area contributed by atoms with Crippen molar-refractivity contribution in [2.45, 2.75) is 32.2 Å². The number of hydrogen-bond acceptors (Lipinski definition) is 5. The topological polar surface area (TPSA) is 58.9 Å². The molecule has 118 valence electrons. The number of likely N-dealkylation sites (N-methyl/N-ethyl adjacent to an activating group) is 1. The summed E-state index contributed by atoms with van der Waals surface area (Å²) in [6.07, 6.45) is 8.14. The Morgan fingerprint density at radius 3 is 3.05 bits per heavy atom. The van der Waals surface area contributed by atoms with E-state index in [1.807, 2.05) is 30.1 Å². The van der Waals surface area contributed by atoms with Gasteiger partial charge in [-0.05, 0) is 39.4 Å². The number of aromatic nitrogens is 4. The molecule has 2 aromatic heterocycles. The summed E-state index contributed by atoms with van der Waals surface area (Å²) in [5, 5.41) is 7.72. The van der Waals surface area contributed by atoms with Crippen molar-refractivity contribution in [3.05, 3.63) is 36.0 Å². The molecule has 1 aliphatic heterocycles. The van der Waals surface area contributed by atoms with E-state index in [4.69, 9.17) is 4.98 Å². The predicted molar refractivity (Wildman–Crippen MR) is 87.0 cm³/mol. The van der Waals surface area contributed by atoms with Crippen LogP contribution in [-0.4, -0.2) is 51.3 Å². The lowest BCUT2D eigenvalue weighted by Gasteiger charge is -2.29. The van der Waals surface area contributed by atoms with Gasteiger partial charge in [-0.15, -0.1) is 0 Å². The molecule has 1 unspecified atom stereocenters. The lowest BCUT2D eigenvalue weighted by molar-refractivity contribution is 0.248. The van der Waals surface area contributed by atoms with Gasteiger partial charge in [0.05, 0.1) is 24.1 Å². The summed E-state index contributed by atoms with van der Waals surface area (Å²) < 4.78 is 1.94. The zero-order valence-electron chi connectivity index (χ0n) is 13.4. The molecule has 3 rings (SSSR count). The van der Waals surface area contributed by atoms with Crippen LogP contribution in [0.25, 0.3) is 0 Å². The summed E-state index contributed by atoms with van der Waals surface area (Å²) in [6, 6.07) is 2.01. The lowest BCUT2D eigenvalue weighted by atomic mass is 9.95. The van der Waals surface area contributed by atoms with Crippen LogP contribution in [0.5, 0.6) is 0 Å². The Hall–Kier alpha value is -1.95. The van der Waals surface area contributed by atoms with Crippen LogP contribution < -0.4 is 5.32 Å². The van der Waals surface area contributed by atoms with E-state index in [-0.39, 0.29) is 0 Å². The van der Waals surface area contributed by atoms with Crippen LogP contribution in [0.15, 0.2) is 24.7 Å². The highest BCUT2D eigenvalue weighted by atomic mass is 15.3.